The summed E-state index contributed by atoms with van der Waals surface area (Å²) in [6.07, 6.45) is 2.09. The number of carbonyl (C=O) groups is 2. The van der Waals surface area contributed by atoms with E-state index >= 15 is 0 Å². The fourth-order valence-electron chi connectivity index (χ4n) is 3.15. The van der Waals surface area contributed by atoms with Crippen LogP contribution in [0.15, 0.2) is 18.2 Å². The van der Waals surface area contributed by atoms with Crippen LogP contribution in [-0.4, -0.2) is 35.8 Å². The van der Waals surface area contributed by atoms with E-state index in [1.807, 2.05) is 0 Å². The smallest absolute Gasteiger partial charge is 0.253 e. The predicted molar refractivity (Wildman–Crippen MR) is 76.0 cm³/mol. The lowest BCUT2D eigenvalue weighted by Gasteiger charge is -2.41. The topological polar surface area (TPSA) is 75.4 Å². The largest absolute Gasteiger partial charge is 0.396 e. The average Bonchev–Trinajstić information content (AvgIpc) is 2.49. The quantitative estimate of drug-likeness (QED) is 0.762. The lowest BCUT2D eigenvalue weighted by atomic mass is 9.85. The standard InChI is InChI=1S/C15H18FN3O2/c16-11-3-1-9(7-12(11)17)15(21)19-6-5-13-10(8-19)2-4-14(20)18-13/h1,3,7,10,13H,2,4-6,8,17H2,(H,18,20). The van der Waals surface area contributed by atoms with Crippen LogP contribution in [0.1, 0.15) is 29.6 Å². The number of fused-ring (bicyclic) bond motifs is 1. The molecule has 21 heavy (non-hydrogen) atoms. The Hall–Kier alpha value is -2.11. The Morgan fingerprint density at radius 3 is 2.95 bits per heavy atom. The van der Waals surface area contributed by atoms with Crippen molar-refractivity contribution in [3.63, 3.8) is 0 Å². The number of nitrogen functional groups attached to an aromatic ring is 1. The highest BCUT2D eigenvalue weighted by Gasteiger charge is 2.35. The van der Waals surface area contributed by atoms with Gasteiger partial charge in [-0.05, 0) is 37.0 Å². The molecule has 3 rings (SSSR count). The molecule has 3 N–H and O–H groups in total. The lowest BCUT2D eigenvalue weighted by molar-refractivity contribution is -0.125. The van der Waals surface area contributed by atoms with Crippen LogP contribution in [0, 0.1) is 11.7 Å². The second-order valence-electron chi connectivity index (χ2n) is 5.75. The van der Waals surface area contributed by atoms with Gasteiger partial charge in [0.1, 0.15) is 5.82 Å². The van der Waals surface area contributed by atoms with E-state index in [0.29, 0.717) is 31.0 Å². The summed E-state index contributed by atoms with van der Waals surface area (Å²) in [6, 6.07) is 4.24. The van der Waals surface area contributed by atoms with Crippen molar-refractivity contribution < 1.29 is 14.0 Å². The monoisotopic (exact) mass is 291 g/mol. The molecule has 2 saturated heterocycles. The van der Waals surface area contributed by atoms with Crippen LogP contribution >= 0.6 is 0 Å². The van der Waals surface area contributed by atoms with Crippen molar-refractivity contribution >= 4 is 17.5 Å². The minimum absolute atomic E-state index is 0.0133. The fraction of sp³-hybridized carbons (Fsp3) is 0.467. The maximum Gasteiger partial charge on any atom is 0.253 e. The number of amides is 2. The summed E-state index contributed by atoms with van der Waals surface area (Å²) in [5.74, 6) is -0.238. The van der Waals surface area contributed by atoms with E-state index in [4.69, 9.17) is 5.73 Å². The third-order valence-corrected chi connectivity index (χ3v) is 4.35. The van der Waals surface area contributed by atoms with Gasteiger partial charge in [-0.25, -0.2) is 4.39 Å². The molecule has 0 bridgehead atoms. The summed E-state index contributed by atoms with van der Waals surface area (Å²) >= 11 is 0. The number of piperidine rings is 2. The molecule has 0 saturated carbocycles. The number of nitrogens with one attached hydrogen (secondary N) is 1. The highest BCUT2D eigenvalue weighted by atomic mass is 19.1. The minimum Gasteiger partial charge on any atom is -0.396 e. The lowest BCUT2D eigenvalue weighted by Crippen LogP contribution is -2.55. The van der Waals surface area contributed by atoms with Crippen LogP contribution in [0.4, 0.5) is 10.1 Å². The van der Waals surface area contributed by atoms with Gasteiger partial charge in [0, 0.05) is 31.1 Å². The van der Waals surface area contributed by atoms with E-state index in [9.17, 15) is 14.0 Å². The molecule has 2 heterocycles. The molecule has 0 radical (unpaired) electrons. The van der Waals surface area contributed by atoms with Crippen LogP contribution in [0.2, 0.25) is 0 Å². The molecule has 2 aliphatic rings. The number of rotatable bonds is 1. The summed E-state index contributed by atoms with van der Waals surface area (Å²) in [5, 5.41) is 2.99. The number of anilines is 1. The van der Waals surface area contributed by atoms with Gasteiger partial charge in [-0.1, -0.05) is 0 Å². The maximum atomic E-state index is 13.2. The highest BCUT2D eigenvalue weighted by Crippen LogP contribution is 2.26. The Morgan fingerprint density at radius 2 is 2.19 bits per heavy atom. The zero-order valence-electron chi connectivity index (χ0n) is 11.6. The van der Waals surface area contributed by atoms with E-state index in [1.54, 1.807) is 4.90 Å². The number of nitrogens with two attached hydrogens (primary N) is 1. The first-order chi connectivity index (χ1) is 10.0. The predicted octanol–water partition coefficient (Wildman–Crippen LogP) is 1.15. The molecular formula is C15H18FN3O2. The van der Waals surface area contributed by atoms with Gasteiger partial charge in [0.25, 0.3) is 5.91 Å². The number of carbonyl (C=O) groups excluding carboxylic acids is 2. The van der Waals surface area contributed by atoms with Gasteiger partial charge in [0.15, 0.2) is 0 Å². The van der Waals surface area contributed by atoms with Crippen molar-refractivity contribution in [2.24, 2.45) is 5.92 Å². The minimum atomic E-state index is -0.514. The molecule has 2 aliphatic heterocycles. The van der Waals surface area contributed by atoms with Gasteiger partial charge in [0.2, 0.25) is 5.91 Å². The molecule has 2 fully saturated rings. The molecule has 2 atom stereocenters. The first kappa shape index (κ1) is 13.9. The Morgan fingerprint density at radius 1 is 1.38 bits per heavy atom. The number of hydrogen-bond acceptors (Lipinski definition) is 3. The number of halogens is 1. The normalized spacial score (nSPS) is 25.2. The van der Waals surface area contributed by atoms with Crippen LogP contribution in [0.25, 0.3) is 0 Å². The van der Waals surface area contributed by atoms with E-state index in [1.165, 1.54) is 18.2 Å². The molecule has 112 valence electrons. The van der Waals surface area contributed by atoms with Crippen molar-refractivity contribution in [1.29, 1.82) is 0 Å². The number of nitrogens with zero attached hydrogens (tertiary/aromatic N) is 1. The molecule has 5 nitrogen and oxygen atoms in total. The SMILES string of the molecule is Nc1cc(C(=O)N2CCC3NC(=O)CCC3C2)ccc1F. The van der Waals surface area contributed by atoms with Crippen LogP contribution < -0.4 is 11.1 Å². The Labute approximate surface area is 122 Å². The number of benzene rings is 1. The summed E-state index contributed by atoms with van der Waals surface area (Å²) in [7, 11) is 0. The molecule has 2 unspecified atom stereocenters. The zero-order chi connectivity index (χ0) is 15.0. The van der Waals surface area contributed by atoms with Crippen molar-refractivity contribution in [3.05, 3.63) is 29.6 Å². The molecule has 0 spiro atoms. The van der Waals surface area contributed by atoms with Crippen LogP contribution in [-0.2, 0) is 4.79 Å². The average molecular weight is 291 g/mol. The maximum absolute atomic E-state index is 13.2. The first-order valence-corrected chi connectivity index (χ1v) is 7.18. The summed E-state index contributed by atoms with van der Waals surface area (Å²) < 4.78 is 13.2. The van der Waals surface area contributed by atoms with E-state index < -0.39 is 5.82 Å². The van der Waals surface area contributed by atoms with Gasteiger partial charge in [-0.2, -0.15) is 0 Å². The highest BCUT2D eigenvalue weighted by molar-refractivity contribution is 5.95. The van der Waals surface area contributed by atoms with Crippen LogP contribution in [0.5, 0.6) is 0 Å². The molecule has 0 aliphatic carbocycles. The summed E-state index contributed by atoms with van der Waals surface area (Å²) in [5.41, 5.74) is 5.91. The summed E-state index contributed by atoms with van der Waals surface area (Å²) in [6.45, 7) is 1.22. The Balaban J connectivity index is 1.71. The van der Waals surface area contributed by atoms with Gasteiger partial charge in [-0.15, -0.1) is 0 Å². The third kappa shape index (κ3) is 2.70. The molecule has 1 aromatic rings. The fourth-order valence-corrected chi connectivity index (χ4v) is 3.15. The Kier molecular flexibility index (Phi) is 3.53. The zero-order valence-corrected chi connectivity index (χ0v) is 11.6. The van der Waals surface area contributed by atoms with E-state index in [-0.39, 0.29) is 23.5 Å². The van der Waals surface area contributed by atoms with Gasteiger partial charge in [0.05, 0.1) is 5.69 Å². The van der Waals surface area contributed by atoms with Crippen LogP contribution in [0.3, 0.4) is 0 Å². The van der Waals surface area contributed by atoms with E-state index in [0.717, 1.165) is 12.8 Å². The van der Waals surface area contributed by atoms with Gasteiger partial charge in [-0.3, -0.25) is 9.59 Å². The number of hydrogen-bond donors (Lipinski definition) is 2. The number of likely N-dealkylation sites (tertiary alicyclic amines) is 1. The first-order valence-electron chi connectivity index (χ1n) is 7.18. The van der Waals surface area contributed by atoms with Gasteiger partial charge >= 0.3 is 0 Å². The van der Waals surface area contributed by atoms with Crippen molar-refractivity contribution in [3.8, 4) is 0 Å². The molecule has 2 amide bonds. The molecule has 1 aromatic carbocycles. The molecule has 6 heteroatoms. The summed E-state index contributed by atoms with van der Waals surface area (Å²) in [4.78, 5) is 25.6. The Bertz CT molecular complexity index is 590. The molecular weight excluding hydrogens is 273 g/mol. The molecule has 0 aromatic heterocycles. The van der Waals surface area contributed by atoms with E-state index in [2.05, 4.69) is 5.32 Å². The van der Waals surface area contributed by atoms with Crippen molar-refractivity contribution in [1.82, 2.24) is 10.2 Å². The van der Waals surface area contributed by atoms with Gasteiger partial charge < -0.3 is 16.0 Å². The second kappa shape index (κ2) is 5.35. The second-order valence-corrected chi connectivity index (χ2v) is 5.75. The van der Waals surface area contributed by atoms with Crippen molar-refractivity contribution in [2.45, 2.75) is 25.3 Å². The van der Waals surface area contributed by atoms with Crippen molar-refractivity contribution in [2.75, 3.05) is 18.8 Å². The third-order valence-electron chi connectivity index (χ3n) is 4.35.